The Morgan fingerprint density at radius 3 is 2.35 bits per heavy atom. The highest BCUT2D eigenvalue weighted by atomic mass is 35.5. The molecule has 0 bridgehead atoms. The van der Waals surface area contributed by atoms with Crippen LogP contribution in [0.5, 0.6) is 11.5 Å². The highest BCUT2D eigenvalue weighted by Crippen LogP contribution is 2.37. The monoisotopic (exact) mass is 800 g/mol. The number of amides is 2. The molecule has 0 saturated carbocycles. The van der Waals surface area contributed by atoms with Crippen LogP contribution >= 0.6 is 11.6 Å². The van der Waals surface area contributed by atoms with Gasteiger partial charge in [-0.15, -0.1) is 0 Å². The van der Waals surface area contributed by atoms with Crippen LogP contribution in [0.2, 0.25) is 5.02 Å². The molecule has 4 aromatic carbocycles. The van der Waals surface area contributed by atoms with Crippen LogP contribution in [-0.2, 0) is 31.3 Å². The number of anilines is 1. The van der Waals surface area contributed by atoms with Gasteiger partial charge in [0.05, 0.1) is 38.0 Å². The lowest BCUT2D eigenvalue weighted by atomic mass is 9.92. The van der Waals surface area contributed by atoms with Crippen LogP contribution in [0.25, 0.3) is 11.3 Å². The smallest absolute Gasteiger partial charge is 0.387 e. The Hall–Kier alpha value is -5.30. The molecule has 0 N–H and O–H groups in total. The molecule has 1 saturated heterocycles. The number of nitrogens with zero attached hydrogens (tertiary/aromatic N) is 4. The molecule has 2 amide bonds. The average molecular weight is 801 g/mol. The molecule has 3 heterocycles. The largest absolute Gasteiger partial charge is 0.496 e. The third-order valence-electron chi connectivity index (χ3n) is 11.1. The summed E-state index contributed by atoms with van der Waals surface area (Å²) in [4.78, 5) is 35.3. The zero-order valence-electron chi connectivity index (χ0n) is 32.2. The number of carbonyl (C=O) groups excluding carboxylic acids is 2. The van der Waals surface area contributed by atoms with Gasteiger partial charge in [-0.25, -0.2) is 4.39 Å². The Balaban J connectivity index is 1.31. The van der Waals surface area contributed by atoms with E-state index in [1.807, 2.05) is 43.3 Å². The van der Waals surface area contributed by atoms with Crippen molar-refractivity contribution in [2.45, 2.75) is 46.0 Å². The maximum absolute atomic E-state index is 15.8. The summed E-state index contributed by atoms with van der Waals surface area (Å²) < 4.78 is 60.4. The van der Waals surface area contributed by atoms with Crippen LogP contribution in [0.15, 0.2) is 84.9 Å². The summed E-state index contributed by atoms with van der Waals surface area (Å²) in [5, 5.41) is 0.504. The fourth-order valence-corrected chi connectivity index (χ4v) is 7.92. The van der Waals surface area contributed by atoms with Crippen LogP contribution in [0.1, 0.15) is 48.7 Å². The first-order chi connectivity index (χ1) is 27.4. The third-order valence-corrected chi connectivity index (χ3v) is 11.3. The number of rotatable bonds is 11. The summed E-state index contributed by atoms with van der Waals surface area (Å²) in [6.07, 6.45) is 0.575. The number of morpholine rings is 1. The summed E-state index contributed by atoms with van der Waals surface area (Å²) in [6, 6.07) is 23.9. The normalized spacial score (nSPS) is 15.7. The zero-order chi connectivity index (χ0) is 40.4. The molecule has 57 heavy (non-hydrogen) atoms. The van der Waals surface area contributed by atoms with E-state index in [1.165, 1.54) is 0 Å². The van der Waals surface area contributed by atoms with Gasteiger partial charge in [-0.05, 0) is 91.1 Å². The van der Waals surface area contributed by atoms with E-state index in [4.69, 9.17) is 21.1 Å². The molecule has 9 nitrogen and oxygen atoms in total. The third kappa shape index (κ3) is 8.39. The first kappa shape index (κ1) is 39.9. The Bertz CT molecular complexity index is 2280. The van der Waals surface area contributed by atoms with E-state index in [0.717, 1.165) is 34.4 Å². The fraction of sp³-hybridized carbons (Fsp3) is 0.318. The van der Waals surface area contributed by atoms with Gasteiger partial charge in [-0.3, -0.25) is 14.5 Å². The van der Waals surface area contributed by atoms with Crippen LogP contribution in [0, 0.1) is 19.7 Å². The van der Waals surface area contributed by atoms with E-state index in [9.17, 15) is 18.4 Å². The van der Waals surface area contributed by atoms with E-state index >= 15 is 4.39 Å². The Morgan fingerprint density at radius 1 is 0.930 bits per heavy atom. The van der Waals surface area contributed by atoms with Gasteiger partial charge in [0.15, 0.2) is 11.6 Å². The highest BCUT2D eigenvalue weighted by molar-refractivity contribution is 6.30. The molecule has 0 radical (unpaired) electrons. The summed E-state index contributed by atoms with van der Waals surface area (Å²) in [5.41, 5.74) is 5.69. The second-order valence-electron chi connectivity index (χ2n) is 14.4. The van der Waals surface area contributed by atoms with Crippen molar-refractivity contribution in [3.05, 3.63) is 135 Å². The van der Waals surface area contributed by atoms with Crippen molar-refractivity contribution < 1.29 is 37.0 Å². The van der Waals surface area contributed by atoms with Gasteiger partial charge < -0.3 is 28.6 Å². The maximum atomic E-state index is 15.8. The number of alkyl halides is 2. The molecule has 0 aliphatic carbocycles. The van der Waals surface area contributed by atoms with Gasteiger partial charge in [0.25, 0.3) is 11.8 Å². The van der Waals surface area contributed by atoms with E-state index in [-0.39, 0.29) is 36.2 Å². The van der Waals surface area contributed by atoms with Gasteiger partial charge >= 0.3 is 6.61 Å². The molecule has 0 spiro atoms. The van der Waals surface area contributed by atoms with Gasteiger partial charge in [-0.1, -0.05) is 48.0 Å². The summed E-state index contributed by atoms with van der Waals surface area (Å²) >= 11 is 6.24. The topological polar surface area (TPSA) is 76.5 Å². The van der Waals surface area contributed by atoms with Crippen molar-refractivity contribution >= 4 is 29.1 Å². The van der Waals surface area contributed by atoms with E-state index in [2.05, 4.69) is 15.7 Å². The molecule has 1 fully saturated rings. The molecule has 13 heteroatoms. The van der Waals surface area contributed by atoms with Gasteiger partial charge in [0.1, 0.15) is 5.75 Å². The molecule has 5 aromatic rings. The minimum Gasteiger partial charge on any atom is -0.496 e. The lowest BCUT2D eigenvalue weighted by molar-refractivity contribution is -0.0522. The predicted octanol–water partition coefficient (Wildman–Crippen LogP) is 8.46. The average Bonchev–Trinajstić information content (AvgIpc) is 3.50. The predicted molar refractivity (Wildman–Crippen MR) is 213 cm³/mol. The molecule has 1 atom stereocenters. The number of aromatic nitrogens is 1. The van der Waals surface area contributed by atoms with Gasteiger partial charge in [0.2, 0.25) is 0 Å². The minimum absolute atomic E-state index is 0.0282. The second-order valence-corrected chi connectivity index (χ2v) is 14.8. The number of carbonyl (C=O) groups is 2. The quantitative estimate of drug-likeness (QED) is 0.134. The maximum Gasteiger partial charge on any atom is 0.387 e. The first-order valence-electron chi connectivity index (χ1n) is 18.8. The summed E-state index contributed by atoms with van der Waals surface area (Å²) in [5.74, 6) is -1.97. The van der Waals surface area contributed by atoms with Gasteiger partial charge in [0, 0.05) is 66.9 Å². The minimum atomic E-state index is -3.32. The van der Waals surface area contributed by atoms with E-state index in [1.54, 1.807) is 65.8 Å². The lowest BCUT2D eigenvalue weighted by Gasteiger charge is -2.40. The van der Waals surface area contributed by atoms with Crippen LogP contribution in [0.3, 0.4) is 0 Å². The summed E-state index contributed by atoms with van der Waals surface area (Å²) in [6.45, 7) is 3.95. The number of methoxy groups -OCH3 is 1. The molecular weight excluding hydrogens is 757 g/mol. The number of fused-ring (bicyclic) bond motifs is 1. The Morgan fingerprint density at radius 2 is 1.65 bits per heavy atom. The Kier molecular flexibility index (Phi) is 11.9. The lowest BCUT2D eigenvalue weighted by Crippen LogP contribution is -2.52. The van der Waals surface area contributed by atoms with Crippen LogP contribution in [-0.4, -0.2) is 78.8 Å². The number of hydrogen-bond donors (Lipinski definition) is 0. The molecular formula is C44H44ClF3N4O5. The molecule has 298 valence electrons. The molecule has 7 rings (SSSR count). The van der Waals surface area contributed by atoms with Gasteiger partial charge in [-0.2, -0.15) is 8.78 Å². The number of benzene rings is 4. The van der Waals surface area contributed by atoms with Crippen molar-refractivity contribution in [3.8, 4) is 22.8 Å². The second kappa shape index (κ2) is 17.1. The Labute approximate surface area is 335 Å². The van der Waals surface area contributed by atoms with Crippen molar-refractivity contribution in [1.82, 2.24) is 14.4 Å². The molecule has 2 aliphatic heterocycles. The van der Waals surface area contributed by atoms with E-state index < -0.39 is 24.1 Å². The van der Waals surface area contributed by atoms with Crippen LogP contribution < -0.4 is 14.4 Å². The van der Waals surface area contributed by atoms with Crippen molar-refractivity contribution in [2.24, 2.45) is 7.05 Å². The SMILES string of the molecule is COc1cccc(CN(C(=O)c2cc(-c3cc(F)c(OC(F)F)cc3C(=O)N3Cc4ccccc4CC3CN3CCOCC3)n(C)c2C)c2ccc(Cl)cc2)c1C. The number of halogens is 4. The number of hydrogen-bond acceptors (Lipinski definition) is 6. The van der Waals surface area contributed by atoms with Crippen molar-refractivity contribution in [1.29, 1.82) is 0 Å². The highest BCUT2D eigenvalue weighted by Gasteiger charge is 2.35. The van der Waals surface area contributed by atoms with Crippen molar-refractivity contribution in [2.75, 3.05) is 44.9 Å². The van der Waals surface area contributed by atoms with E-state index in [0.29, 0.717) is 72.7 Å². The summed E-state index contributed by atoms with van der Waals surface area (Å²) in [7, 11) is 3.31. The standard InChI is InChI=1S/C44H44ClF3N4O5/c1-27-30(10-7-11-40(27)55-4)24-51(33-14-12-32(45)13-15-33)42(53)35-22-39(49(3)28(35)2)36-21-38(46)41(57-44(47)48)23-37(36)43(54)52-25-31-9-6-5-8-29(31)20-34(52)26-50-16-18-56-19-17-50/h5-15,21-23,34,44H,16-20,24-26H2,1-4H3. The molecule has 2 aliphatic rings. The molecule has 1 aromatic heterocycles. The fourth-order valence-electron chi connectivity index (χ4n) is 7.80. The van der Waals surface area contributed by atoms with Crippen molar-refractivity contribution in [3.63, 3.8) is 0 Å². The first-order valence-corrected chi connectivity index (χ1v) is 19.1. The number of ether oxygens (including phenoxy) is 3. The van der Waals surface area contributed by atoms with Crippen LogP contribution in [0.4, 0.5) is 18.9 Å². The zero-order valence-corrected chi connectivity index (χ0v) is 33.0. The molecule has 1 unspecified atom stereocenters.